The first kappa shape index (κ1) is 12.4. The first-order valence-electron chi connectivity index (χ1n) is 4.84. The van der Waals surface area contributed by atoms with E-state index in [0.29, 0.717) is 13.1 Å². The quantitative estimate of drug-likeness (QED) is 0.632. The van der Waals surface area contributed by atoms with E-state index in [1.54, 1.807) is 11.8 Å². The van der Waals surface area contributed by atoms with Crippen LogP contribution in [0, 0.1) is 0 Å². The van der Waals surface area contributed by atoms with E-state index in [1.165, 1.54) is 0 Å². The van der Waals surface area contributed by atoms with Crippen LogP contribution in [-0.4, -0.2) is 36.0 Å². The molecule has 0 saturated carbocycles. The summed E-state index contributed by atoms with van der Waals surface area (Å²) in [6.07, 6.45) is 0.878. The second-order valence-electron chi connectivity index (χ2n) is 3.21. The molecule has 4 N–H and O–H groups in total. The van der Waals surface area contributed by atoms with Crippen LogP contribution in [0.25, 0.3) is 0 Å². The minimum absolute atomic E-state index is 0.0141. The highest BCUT2D eigenvalue weighted by Crippen LogP contribution is 2.04. The van der Waals surface area contributed by atoms with Crippen molar-refractivity contribution in [3.05, 3.63) is 0 Å². The van der Waals surface area contributed by atoms with E-state index in [0.717, 1.165) is 6.42 Å². The summed E-state index contributed by atoms with van der Waals surface area (Å²) in [4.78, 5) is 13.3. The van der Waals surface area contributed by atoms with Crippen molar-refractivity contribution in [2.24, 2.45) is 11.5 Å². The highest BCUT2D eigenvalue weighted by molar-refractivity contribution is 5.81. The van der Waals surface area contributed by atoms with E-state index in [4.69, 9.17) is 11.5 Å². The number of rotatable bonds is 5. The van der Waals surface area contributed by atoms with Crippen LogP contribution in [-0.2, 0) is 4.79 Å². The van der Waals surface area contributed by atoms with Gasteiger partial charge in [-0.2, -0.15) is 0 Å². The topological polar surface area (TPSA) is 72.3 Å². The van der Waals surface area contributed by atoms with Crippen LogP contribution in [0.15, 0.2) is 0 Å². The molecule has 0 rings (SSSR count). The second kappa shape index (κ2) is 5.94. The van der Waals surface area contributed by atoms with Gasteiger partial charge in [0, 0.05) is 19.1 Å². The van der Waals surface area contributed by atoms with Crippen molar-refractivity contribution in [1.29, 1.82) is 0 Å². The number of carbonyl (C=O) groups is 1. The Morgan fingerprint density at radius 1 is 1.46 bits per heavy atom. The van der Waals surface area contributed by atoms with Gasteiger partial charge in [-0.1, -0.05) is 6.92 Å². The van der Waals surface area contributed by atoms with Gasteiger partial charge >= 0.3 is 0 Å². The predicted molar refractivity (Wildman–Crippen MR) is 54.2 cm³/mol. The van der Waals surface area contributed by atoms with Gasteiger partial charge in [0.05, 0.1) is 6.04 Å². The predicted octanol–water partition coefficient (Wildman–Crippen LogP) is -0.0806. The lowest BCUT2D eigenvalue weighted by Gasteiger charge is -2.30. The molecule has 0 aliphatic rings. The Balaban J connectivity index is 4.38. The highest BCUT2D eigenvalue weighted by Gasteiger charge is 2.21. The standard InChI is InChI=1S/C9H21N3O/c1-4-8(6-10)12(5-2)9(13)7(3)11/h7-8H,4-6,10-11H2,1-3H3/t7?,8-/m0/s1. The van der Waals surface area contributed by atoms with Crippen LogP contribution in [0.2, 0.25) is 0 Å². The summed E-state index contributed by atoms with van der Waals surface area (Å²) in [5.41, 5.74) is 11.1. The average Bonchev–Trinajstić information content (AvgIpc) is 2.12. The molecular formula is C9H21N3O. The van der Waals surface area contributed by atoms with Gasteiger partial charge in [-0.25, -0.2) is 0 Å². The number of amides is 1. The zero-order chi connectivity index (χ0) is 10.4. The van der Waals surface area contributed by atoms with E-state index in [2.05, 4.69) is 0 Å². The molecule has 0 aromatic heterocycles. The molecule has 0 fully saturated rings. The summed E-state index contributed by atoms with van der Waals surface area (Å²) in [6, 6.07) is -0.302. The van der Waals surface area contributed by atoms with Crippen molar-refractivity contribution in [2.45, 2.75) is 39.3 Å². The summed E-state index contributed by atoms with van der Waals surface area (Å²) >= 11 is 0. The minimum Gasteiger partial charge on any atom is -0.337 e. The molecule has 0 bridgehead atoms. The highest BCUT2D eigenvalue weighted by atomic mass is 16.2. The zero-order valence-electron chi connectivity index (χ0n) is 8.79. The van der Waals surface area contributed by atoms with Crippen LogP contribution in [0.5, 0.6) is 0 Å². The molecule has 4 nitrogen and oxygen atoms in total. The Morgan fingerprint density at radius 2 is 2.00 bits per heavy atom. The van der Waals surface area contributed by atoms with Crippen LogP contribution in [0.3, 0.4) is 0 Å². The number of nitrogens with two attached hydrogens (primary N) is 2. The van der Waals surface area contributed by atoms with E-state index >= 15 is 0 Å². The fraction of sp³-hybridized carbons (Fsp3) is 0.889. The maximum atomic E-state index is 11.6. The molecule has 0 radical (unpaired) electrons. The third kappa shape index (κ3) is 3.32. The van der Waals surface area contributed by atoms with Gasteiger partial charge in [0.25, 0.3) is 0 Å². The molecule has 0 heterocycles. The molecule has 0 saturated heterocycles. The summed E-state index contributed by atoms with van der Waals surface area (Å²) in [7, 11) is 0. The van der Waals surface area contributed by atoms with Crippen molar-refractivity contribution in [1.82, 2.24) is 4.90 Å². The molecule has 78 valence electrons. The second-order valence-corrected chi connectivity index (χ2v) is 3.21. The Kier molecular flexibility index (Phi) is 5.66. The minimum atomic E-state index is -0.430. The maximum absolute atomic E-state index is 11.6. The van der Waals surface area contributed by atoms with E-state index in [1.807, 2.05) is 13.8 Å². The fourth-order valence-electron chi connectivity index (χ4n) is 1.37. The molecule has 0 spiro atoms. The van der Waals surface area contributed by atoms with Crippen LogP contribution < -0.4 is 11.5 Å². The average molecular weight is 187 g/mol. The number of hydrogen-bond acceptors (Lipinski definition) is 3. The molecule has 0 aromatic carbocycles. The molecule has 1 unspecified atom stereocenters. The molecule has 4 heteroatoms. The van der Waals surface area contributed by atoms with Crippen molar-refractivity contribution in [2.75, 3.05) is 13.1 Å². The number of likely N-dealkylation sites (N-methyl/N-ethyl adjacent to an activating group) is 1. The molecule has 1 amide bonds. The van der Waals surface area contributed by atoms with Crippen LogP contribution in [0.1, 0.15) is 27.2 Å². The Labute approximate surface area is 80.3 Å². The monoisotopic (exact) mass is 187 g/mol. The van der Waals surface area contributed by atoms with E-state index in [9.17, 15) is 4.79 Å². The molecule has 0 aliphatic heterocycles. The van der Waals surface area contributed by atoms with Crippen LogP contribution >= 0.6 is 0 Å². The molecule has 13 heavy (non-hydrogen) atoms. The van der Waals surface area contributed by atoms with E-state index in [-0.39, 0.29) is 11.9 Å². The van der Waals surface area contributed by atoms with Gasteiger partial charge in [-0.3, -0.25) is 4.79 Å². The Bertz CT molecular complexity index is 155. The first-order valence-corrected chi connectivity index (χ1v) is 4.84. The zero-order valence-corrected chi connectivity index (χ0v) is 8.79. The van der Waals surface area contributed by atoms with Gasteiger partial charge in [0.1, 0.15) is 0 Å². The summed E-state index contributed by atoms with van der Waals surface area (Å²) in [6.45, 7) is 6.85. The fourth-order valence-corrected chi connectivity index (χ4v) is 1.37. The summed E-state index contributed by atoms with van der Waals surface area (Å²) in [5, 5.41) is 0. The smallest absolute Gasteiger partial charge is 0.239 e. The molecule has 0 aliphatic carbocycles. The lowest BCUT2D eigenvalue weighted by atomic mass is 10.1. The Morgan fingerprint density at radius 3 is 2.23 bits per heavy atom. The van der Waals surface area contributed by atoms with Crippen molar-refractivity contribution < 1.29 is 4.79 Å². The number of nitrogens with zero attached hydrogens (tertiary/aromatic N) is 1. The third-order valence-corrected chi connectivity index (χ3v) is 2.20. The lowest BCUT2D eigenvalue weighted by molar-refractivity contribution is -0.134. The number of hydrogen-bond donors (Lipinski definition) is 2. The van der Waals surface area contributed by atoms with Crippen molar-refractivity contribution in [3.8, 4) is 0 Å². The summed E-state index contributed by atoms with van der Waals surface area (Å²) < 4.78 is 0. The van der Waals surface area contributed by atoms with Gasteiger partial charge in [0.2, 0.25) is 5.91 Å². The van der Waals surface area contributed by atoms with Crippen molar-refractivity contribution >= 4 is 5.91 Å². The van der Waals surface area contributed by atoms with Gasteiger partial charge in [-0.15, -0.1) is 0 Å². The van der Waals surface area contributed by atoms with Crippen LogP contribution in [0.4, 0.5) is 0 Å². The largest absolute Gasteiger partial charge is 0.337 e. The normalized spacial score (nSPS) is 15.2. The molecular weight excluding hydrogens is 166 g/mol. The van der Waals surface area contributed by atoms with Gasteiger partial charge < -0.3 is 16.4 Å². The number of carbonyl (C=O) groups excluding carboxylic acids is 1. The van der Waals surface area contributed by atoms with Gasteiger partial charge in [-0.05, 0) is 20.3 Å². The van der Waals surface area contributed by atoms with Crippen molar-refractivity contribution in [3.63, 3.8) is 0 Å². The summed E-state index contributed by atoms with van der Waals surface area (Å²) in [5.74, 6) is -0.0141. The SMILES string of the molecule is CC[C@@H](CN)N(CC)C(=O)C(C)N. The first-order chi connectivity index (χ1) is 6.08. The maximum Gasteiger partial charge on any atom is 0.239 e. The molecule has 0 aromatic rings. The van der Waals surface area contributed by atoms with Gasteiger partial charge in [0.15, 0.2) is 0 Å². The lowest BCUT2D eigenvalue weighted by Crippen LogP contribution is -2.49. The Hall–Kier alpha value is -0.610. The molecule has 2 atom stereocenters. The van der Waals surface area contributed by atoms with E-state index < -0.39 is 6.04 Å². The third-order valence-electron chi connectivity index (χ3n) is 2.20.